The largest absolute Gasteiger partial charge is 0.452 e. The molecule has 0 aromatic carbocycles. The van der Waals surface area contributed by atoms with Crippen LogP contribution in [-0.4, -0.2) is 8.42 Å². The predicted molar refractivity (Wildman–Crippen MR) is 54.4 cm³/mol. The van der Waals surface area contributed by atoms with E-state index in [4.69, 9.17) is 0 Å². The van der Waals surface area contributed by atoms with Gasteiger partial charge in [0.1, 0.15) is 0 Å². The van der Waals surface area contributed by atoms with Crippen molar-refractivity contribution in [3.05, 3.63) is 41.3 Å². The van der Waals surface area contributed by atoms with Crippen LogP contribution in [0.2, 0.25) is 0 Å². The number of sulfonamides is 1. The van der Waals surface area contributed by atoms with Crippen molar-refractivity contribution in [2.24, 2.45) is 5.14 Å². The molecule has 0 amide bonds. The Kier molecular flexibility index (Phi) is 3.87. The van der Waals surface area contributed by atoms with Gasteiger partial charge in [0, 0.05) is 0 Å². The van der Waals surface area contributed by atoms with Crippen molar-refractivity contribution in [2.75, 3.05) is 0 Å². The molecule has 0 radical (unpaired) electrons. The van der Waals surface area contributed by atoms with E-state index in [2.05, 4.69) is 9.56 Å². The average molecular weight is 231 g/mol. The van der Waals surface area contributed by atoms with E-state index >= 15 is 0 Å². The van der Waals surface area contributed by atoms with Crippen LogP contribution in [0.4, 0.5) is 0 Å². The number of hydrogen-bond acceptors (Lipinski definition) is 4. The maximum atomic E-state index is 10.4. The summed E-state index contributed by atoms with van der Waals surface area (Å²) in [5.41, 5.74) is 0. The highest BCUT2D eigenvalue weighted by atomic mass is 32.2. The van der Waals surface area contributed by atoms with E-state index < -0.39 is 10.0 Å². The fourth-order valence-electron chi connectivity index (χ4n) is 0.652. The van der Waals surface area contributed by atoms with Crippen molar-refractivity contribution in [3.8, 4) is 0 Å². The molecule has 0 aliphatic rings. The summed E-state index contributed by atoms with van der Waals surface area (Å²) in [5.74, 6) is 0. The van der Waals surface area contributed by atoms with Crippen LogP contribution < -0.4 is 5.14 Å². The van der Waals surface area contributed by atoms with Gasteiger partial charge in [-0.2, -0.15) is 11.3 Å². The van der Waals surface area contributed by atoms with Crippen molar-refractivity contribution in [3.63, 3.8) is 0 Å². The Morgan fingerprint density at radius 1 is 1.21 bits per heavy atom. The Labute approximate surface area is 86.0 Å². The fourth-order valence-corrected chi connectivity index (χ4v) is 1.56. The first-order valence-corrected chi connectivity index (χ1v) is 6.13. The molecule has 14 heavy (non-hydrogen) atoms. The highest BCUT2D eigenvalue weighted by molar-refractivity contribution is 7.89. The molecule has 0 fully saturated rings. The summed E-state index contributed by atoms with van der Waals surface area (Å²) in [6.07, 6.45) is 1.25. The quantitative estimate of drug-likeness (QED) is 0.811. The van der Waals surface area contributed by atoms with Gasteiger partial charge in [-0.05, 0) is 22.9 Å². The second kappa shape index (κ2) is 4.94. The van der Waals surface area contributed by atoms with Crippen LogP contribution in [0.15, 0.2) is 50.8 Å². The molecular formula is C8H9NO3S2. The standard InChI is InChI=1S/C4H5NO3S.C4H4S/c5-9(6,7)4-2-1-3-8-4;1-2-4-5-3-1/h1-3H,(H2,5,6,7);1-4H. The number of rotatable bonds is 1. The zero-order chi connectivity index (χ0) is 10.4. The molecule has 0 saturated carbocycles. The van der Waals surface area contributed by atoms with Gasteiger partial charge in [-0.1, -0.05) is 12.1 Å². The number of hydrogen-bond donors (Lipinski definition) is 1. The lowest BCUT2D eigenvalue weighted by molar-refractivity contribution is 0.450. The van der Waals surface area contributed by atoms with E-state index in [9.17, 15) is 8.42 Å². The summed E-state index contributed by atoms with van der Waals surface area (Å²) in [6, 6.07) is 6.78. The molecule has 0 bridgehead atoms. The van der Waals surface area contributed by atoms with Gasteiger partial charge in [0.2, 0.25) is 5.09 Å². The number of primary sulfonamides is 1. The van der Waals surface area contributed by atoms with Gasteiger partial charge in [-0.25, -0.2) is 13.6 Å². The molecule has 0 spiro atoms. The van der Waals surface area contributed by atoms with E-state index in [0.717, 1.165) is 0 Å². The van der Waals surface area contributed by atoms with Crippen LogP contribution in [0.1, 0.15) is 0 Å². The maximum absolute atomic E-state index is 10.4. The number of nitrogens with two attached hydrogens (primary N) is 1. The van der Waals surface area contributed by atoms with Crippen molar-refractivity contribution >= 4 is 21.4 Å². The van der Waals surface area contributed by atoms with Crippen LogP contribution in [0, 0.1) is 0 Å². The molecule has 2 heterocycles. The Morgan fingerprint density at radius 3 is 2.07 bits per heavy atom. The van der Waals surface area contributed by atoms with Crippen LogP contribution in [-0.2, 0) is 10.0 Å². The Bertz CT molecular complexity index is 414. The highest BCUT2D eigenvalue weighted by Crippen LogP contribution is 2.04. The summed E-state index contributed by atoms with van der Waals surface area (Å²) in [5, 5.41) is 8.56. The minimum Gasteiger partial charge on any atom is -0.452 e. The lowest BCUT2D eigenvalue weighted by Gasteiger charge is -1.86. The first kappa shape index (κ1) is 11.0. The van der Waals surface area contributed by atoms with Crippen LogP contribution >= 0.6 is 11.3 Å². The molecular weight excluding hydrogens is 222 g/mol. The summed E-state index contributed by atoms with van der Waals surface area (Å²) in [7, 11) is -3.63. The second-order valence-electron chi connectivity index (χ2n) is 2.27. The number of thiophene rings is 1. The average Bonchev–Trinajstić information content (AvgIpc) is 2.80. The van der Waals surface area contributed by atoms with Crippen LogP contribution in [0.3, 0.4) is 0 Å². The van der Waals surface area contributed by atoms with Gasteiger partial charge in [0.25, 0.3) is 10.0 Å². The highest BCUT2D eigenvalue weighted by Gasteiger charge is 2.08. The molecule has 0 aliphatic heterocycles. The molecule has 0 unspecified atom stereocenters. The molecule has 2 aromatic rings. The molecule has 6 heteroatoms. The molecule has 0 aliphatic carbocycles. The van der Waals surface area contributed by atoms with Crippen LogP contribution in [0.5, 0.6) is 0 Å². The monoisotopic (exact) mass is 231 g/mol. The lowest BCUT2D eigenvalue weighted by Crippen LogP contribution is -2.10. The van der Waals surface area contributed by atoms with Gasteiger partial charge in [0.05, 0.1) is 6.26 Å². The van der Waals surface area contributed by atoms with Gasteiger partial charge >= 0.3 is 0 Å². The fraction of sp³-hybridized carbons (Fsp3) is 0. The Balaban J connectivity index is 0.000000165. The van der Waals surface area contributed by atoms with Gasteiger partial charge in [-0.15, -0.1) is 0 Å². The van der Waals surface area contributed by atoms with E-state index in [-0.39, 0.29) is 5.09 Å². The minimum atomic E-state index is -3.63. The van der Waals surface area contributed by atoms with Crippen LogP contribution in [0.25, 0.3) is 0 Å². The SMILES string of the molecule is NS(=O)(=O)c1ccco1.c1ccsc1. The molecule has 76 valence electrons. The van der Waals surface area contributed by atoms with Crippen molar-refractivity contribution in [1.29, 1.82) is 0 Å². The van der Waals surface area contributed by atoms with E-state index in [1.54, 1.807) is 11.3 Å². The maximum Gasteiger partial charge on any atom is 0.271 e. The number of furan rings is 1. The van der Waals surface area contributed by atoms with Gasteiger partial charge < -0.3 is 4.42 Å². The zero-order valence-electron chi connectivity index (χ0n) is 7.16. The van der Waals surface area contributed by atoms with E-state index in [1.807, 2.05) is 22.9 Å². The first-order chi connectivity index (χ1) is 6.61. The minimum absolute atomic E-state index is 0.206. The normalized spacial score (nSPS) is 10.4. The summed E-state index contributed by atoms with van der Waals surface area (Å²) >= 11 is 1.71. The van der Waals surface area contributed by atoms with Gasteiger partial charge in [0.15, 0.2) is 0 Å². The smallest absolute Gasteiger partial charge is 0.271 e. The Morgan fingerprint density at radius 2 is 1.86 bits per heavy atom. The summed E-state index contributed by atoms with van der Waals surface area (Å²) in [4.78, 5) is 0. The van der Waals surface area contributed by atoms with Gasteiger partial charge in [-0.3, -0.25) is 0 Å². The topological polar surface area (TPSA) is 73.3 Å². The molecule has 2 aromatic heterocycles. The first-order valence-electron chi connectivity index (χ1n) is 3.64. The second-order valence-corrected chi connectivity index (χ2v) is 4.58. The molecule has 2 N–H and O–H groups in total. The third-order valence-corrected chi connectivity index (χ3v) is 2.62. The predicted octanol–water partition coefficient (Wildman–Crippen LogP) is 1.68. The third kappa shape index (κ3) is 3.73. The third-order valence-electron chi connectivity index (χ3n) is 1.20. The van der Waals surface area contributed by atoms with Crippen molar-refractivity contribution in [2.45, 2.75) is 5.09 Å². The lowest BCUT2D eigenvalue weighted by atomic mass is 10.7. The molecule has 4 nitrogen and oxygen atoms in total. The zero-order valence-corrected chi connectivity index (χ0v) is 8.79. The van der Waals surface area contributed by atoms with E-state index in [1.165, 1.54) is 18.4 Å². The molecule has 0 saturated heterocycles. The Hall–Kier alpha value is -1.11. The van der Waals surface area contributed by atoms with Crippen molar-refractivity contribution < 1.29 is 12.8 Å². The van der Waals surface area contributed by atoms with E-state index in [0.29, 0.717) is 0 Å². The summed E-state index contributed by atoms with van der Waals surface area (Å²) < 4.78 is 25.2. The molecule has 2 rings (SSSR count). The summed E-state index contributed by atoms with van der Waals surface area (Å²) in [6.45, 7) is 0. The van der Waals surface area contributed by atoms with Crippen molar-refractivity contribution in [1.82, 2.24) is 0 Å². The molecule has 0 atom stereocenters.